The van der Waals surface area contributed by atoms with Crippen LogP contribution in [0.5, 0.6) is 0 Å². The van der Waals surface area contributed by atoms with Gasteiger partial charge < -0.3 is 8.83 Å². The summed E-state index contributed by atoms with van der Waals surface area (Å²) in [5.74, 6) is 1.82. The van der Waals surface area contributed by atoms with Crippen molar-refractivity contribution in [3.05, 3.63) is 164 Å². The summed E-state index contributed by atoms with van der Waals surface area (Å²) < 4.78 is 12.4. The van der Waals surface area contributed by atoms with Crippen molar-refractivity contribution in [1.29, 1.82) is 0 Å². The van der Waals surface area contributed by atoms with Gasteiger partial charge in [0.1, 0.15) is 22.3 Å². The minimum atomic E-state index is 0.595. The number of nitrogens with zero attached hydrogens (tertiary/aromatic N) is 3. The highest BCUT2D eigenvalue weighted by Gasteiger charge is 2.19. The van der Waals surface area contributed by atoms with E-state index < -0.39 is 0 Å². The van der Waals surface area contributed by atoms with Gasteiger partial charge in [0, 0.05) is 38.2 Å². The van der Waals surface area contributed by atoms with E-state index in [2.05, 4.69) is 121 Å². The lowest BCUT2D eigenvalue weighted by Crippen LogP contribution is -2.01. The Kier molecular flexibility index (Phi) is 6.18. The lowest BCUT2D eigenvalue weighted by Gasteiger charge is -2.12. The molecule has 242 valence electrons. The zero-order valence-corrected chi connectivity index (χ0v) is 27.7. The lowest BCUT2D eigenvalue weighted by molar-refractivity contribution is 0.668. The second-order valence-electron chi connectivity index (χ2n) is 13.2. The van der Waals surface area contributed by atoms with Crippen LogP contribution in [0.3, 0.4) is 0 Å². The second kappa shape index (κ2) is 11.2. The molecule has 0 saturated carbocycles. The molecule has 3 heterocycles. The normalized spacial score (nSPS) is 11.8. The molecule has 0 unspecified atom stereocenters. The van der Waals surface area contributed by atoms with E-state index in [0.29, 0.717) is 17.5 Å². The van der Waals surface area contributed by atoms with Gasteiger partial charge in [0.2, 0.25) is 0 Å². The molecule has 52 heavy (non-hydrogen) atoms. The first-order valence-electron chi connectivity index (χ1n) is 17.3. The topological polar surface area (TPSA) is 65.0 Å². The van der Waals surface area contributed by atoms with E-state index in [1.54, 1.807) is 0 Å². The molecular weight excluding hydrogens is 639 g/mol. The quantitative estimate of drug-likeness (QED) is 0.187. The molecule has 0 bridgehead atoms. The van der Waals surface area contributed by atoms with Crippen molar-refractivity contribution in [1.82, 2.24) is 15.0 Å². The molecule has 5 heteroatoms. The molecule has 0 N–H and O–H groups in total. The average molecular weight is 666 g/mol. The van der Waals surface area contributed by atoms with Crippen LogP contribution in [0, 0.1) is 0 Å². The van der Waals surface area contributed by atoms with Gasteiger partial charge in [-0.1, -0.05) is 127 Å². The molecule has 0 amide bonds. The summed E-state index contributed by atoms with van der Waals surface area (Å²) >= 11 is 0. The second-order valence-corrected chi connectivity index (χ2v) is 13.2. The summed E-state index contributed by atoms with van der Waals surface area (Å²) in [7, 11) is 0. The molecule has 0 aliphatic heterocycles. The maximum Gasteiger partial charge on any atom is 0.164 e. The van der Waals surface area contributed by atoms with Crippen molar-refractivity contribution in [3.63, 3.8) is 0 Å². The molecule has 0 aliphatic rings. The molecule has 8 aromatic carbocycles. The number of furan rings is 2. The Morgan fingerprint density at radius 2 is 0.885 bits per heavy atom. The first-order chi connectivity index (χ1) is 25.7. The fourth-order valence-electron chi connectivity index (χ4n) is 7.70. The van der Waals surface area contributed by atoms with Crippen LogP contribution in [0.15, 0.2) is 173 Å². The van der Waals surface area contributed by atoms with E-state index in [9.17, 15) is 0 Å². The number of hydrogen-bond donors (Lipinski definition) is 0. The molecule has 0 fully saturated rings. The van der Waals surface area contributed by atoms with Crippen molar-refractivity contribution in [2.75, 3.05) is 0 Å². The monoisotopic (exact) mass is 665 g/mol. The average Bonchev–Trinajstić information content (AvgIpc) is 3.79. The third-order valence-corrected chi connectivity index (χ3v) is 10.1. The van der Waals surface area contributed by atoms with Crippen LogP contribution in [0.1, 0.15) is 0 Å². The van der Waals surface area contributed by atoms with E-state index in [0.717, 1.165) is 87.9 Å². The zero-order chi connectivity index (χ0) is 34.2. The van der Waals surface area contributed by atoms with Gasteiger partial charge in [0.05, 0.1) is 0 Å². The molecule has 11 aromatic rings. The first-order valence-corrected chi connectivity index (χ1v) is 17.3. The SMILES string of the molecule is c1cc(-c2ccc3c(ccc4oc5ccccc5c43)c2)cc(-c2nc(-c3cccc4ccccc34)nc(-c3cccc4oc5ccccc5c34)n2)c1. The number of fused-ring (bicyclic) bond motifs is 9. The summed E-state index contributed by atoms with van der Waals surface area (Å²) in [6.45, 7) is 0. The largest absolute Gasteiger partial charge is 0.456 e. The highest BCUT2D eigenvalue weighted by atomic mass is 16.3. The highest BCUT2D eigenvalue weighted by molar-refractivity contribution is 6.19. The predicted molar refractivity (Wildman–Crippen MR) is 211 cm³/mol. The van der Waals surface area contributed by atoms with Gasteiger partial charge >= 0.3 is 0 Å². The number of benzene rings is 8. The summed E-state index contributed by atoms with van der Waals surface area (Å²) in [6, 6.07) is 56.4. The molecule has 3 aromatic heterocycles. The van der Waals surface area contributed by atoms with Crippen molar-refractivity contribution in [2.24, 2.45) is 0 Å². The smallest absolute Gasteiger partial charge is 0.164 e. The Balaban J connectivity index is 1.10. The third kappa shape index (κ3) is 4.46. The third-order valence-electron chi connectivity index (χ3n) is 10.1. The number of hydrogen-bond acceptors (Lipinski definition) is 5. The molecule has 5 nitrogen and oxygen atoms in total. The Morgan fingerprint density at radius 1 is 0.308 bits per heavy atom. The van der Waals surface area contributed by atoms with Crippen molar-refractivity contribution in [3.8, 4) is 45.3 Å². The summed E-state index contributed by atoms with van der Waals surface area (Å²) in [5.41, 5.74) is 8.38. The maximum absolute atomic E-state index is 6.26. The number of rotatable bonds is 4. The molecule has 0 aliphatic carbocycles. The van der Waals surface area contributed by atoms with Crippen LogP contribution >= 0.6 is 0 Å². The highest BCUT2D eigenvalue weighted by Crippen LogP contribution is 2.39. The Morgan fingerprint density at radius 3 is 1.73 bits per heavy atom. The molecule has 0 saturated heterocycles. The summed E-state index contributed by atoms with van der Waals surface area (Å²) in [4.78, 5) is 15.5. The molecule has 0 atom stereocenters. The van der Waals surface area contributed by atoms with Gasteiger partial charge in [0.25, 0.3) is 0 Å². The van der Waals surface area contributed by atoms with E-state index in [4.69, 9.17) is 23.8 Å². The lowest BCUT2D eigenvalue weighted by atomic mass is 9.97. The van der Waals surface area contributed by atoms with Gasteiger partial charge in [-0.15, -0.1) is 0 Å². The van der Waals surface area contributed by atoms with E-state index in [1.165, 1.54) is 5.39 Å². The van der Waals surface area contributed by atoms with Gasteiger partial charge in [-0.2, -0.15) is 0 Å². The van der Waals surface area contributed by atoms with Crippen molar-refractivity contribution >= 4 is 65.4 Å². The summed E-state index contributed by atoms with van der Waals surface area (Å²) in [6.07, 6.45) is 0. The van der Waals surface area contributed by atoms with Crippen molar-refractivity contribution in [2.45, 2.75) is 0 Å². The number of aromatic nitrogens is 3. The van der Waals surface area contributed by atoms with Gasteiger partial charge in [-0.3, -0.25) is 0 Å². The fourth-order valence-corrected chi connectivity index (χ4v) is 7.70. The van der Waals surface area contributed by atoms with E-state index in [-0.39, 0.29) is 0 Å². The van der Waals surface area contributed by atoms with Crippen molar-refractivity contribution < 1.29 is 8.83 Å². The fraction of sp³-hybridized carbons (Fsp3) is 0. The Hall–Kier alpha value is -7.11. The van der Waals surface area contributed by atoms with Gasteiger partial charge in [-0.25, -0.2) is 15.0 Å². The maximum atomic E-state index is 6.26. The Bertz CT molecular complexity index is 3200. The van der Waals surface area contributed by atoms with Crippen LogP contribution in [-0.2, 0) is 0 Å². The van der Waals surface area contributed by atoms with Crippen LogP contribution in [-0.4, -0.2) is 15.0 Å². The van der Waals surface area contributed by atoms with Crippen LogP contribution in [0.4, 0.5) is 0 Å². The predicted octanol–water partition coefficient (Wildman–Crippen LogP) is 12.6. The number of para-hydroxylation sites is 2. The summed E-state index contributed by atoms with van der Waals surface area (Å²) in [5, 5.41) is 8.84. The van der Waals surface area contributed by atoms with E-state index in [1.807, 2.05) is 42.5 Å². The van der Waals surface area contributed by atoms with Crippen LogP contribution < -0.4 is 0 Å². The first kappa shape index (κ1) is 28.7. The Labute approximate surface area is 297 Å². The minimum absolute atomic E-state index is 0.595. The van der Waals surface area contributed by atoms with Crippen LogP contribution in [0.25, 0.3) is 111 Å². The zero-order valence-electron chi connectivity index (χ0n) is 27.7. The minimum Gasteiger partial charge on any atom is -0.456 e. The molecule has 11 rings (SSSR count). The standard InChI is InChI=1S/C47H27N3O2/c1-2-14-33-28(10-1)11-8-17-35(33)46-48-45(49-47(50-46)38-18-9-21-41-44(38)37-16-4-6-20-40(37)51-41)32-13-7-12-29(27-32)30-22-24-34-31(26-30)23-25-42-43(34)36-15-3-5-19-39(36)52-42/h1-27H. The molecule has 0 spiro atoms. The molecule has 0 radical (unpaired) electrons. The van der Waals surface area contributed by atoms with Gasteiger partial charge in [0.15, 0.2) is 17.5 Å². The van der Waals surface area contributed by atoms with E-state index >= 15 is 0 Å². The van der Waals surface area contributed by atoms with Crippen LogP contribution in [0.2, 0.25) is 0 Å². The van der Waals surface area contributed by atoms with Gasteiger partial charge in [-0.05, 0) is 69.1 Å². The molecular formula is C47H27N3O2.